The van der Waals surface area contributed by atoms with Crippen LogP contribution in [0.1, 0.15) is 25.7 Å². The van der Waals surface area contributed by atoms with E-state index in [1.807, 2.05) is 0 Å². The lowest BCUT2D eigenvalue weighted by Crippen LogP contribution is -2.27. The van der Waals surface area contributed by atoms with E-state index in [1.165, 1.54) is 25.7 Å². The number of hydrogen-bond acceptors (Lipinski definition) is 0. The Labute approximate surface area is 48.9 Å². The van der Waals surface area contributed by atoms with Crippen molar-refractivity contribution in [3.05, 3.63) is 0 Å². The lowest BCUT2D eigenvalue weighted by molar-refractivity contribution is 0.333. The van der Waals surface area contributed by atoms with E-state index in [9.17, 15) is 0 Å². The van der Waals surface area contributed by atoms with Gasteiger partial charge in [-0.2, -0.15) is 0 Å². The summed E-state index contributed by atoms with van der Waals surface area (Å²) in [6.45, 7) is 0. The van der Waals surface area contributed by atoms with Gasteiger partial charge in [0, 0.05) is 4.87 Å². The number of halogens is 1. The van der Waals surface area contributed by atoms with Crippen LogP contribution in [0.2, 0.25) is 0 Å². The fraction of sp³-hybridized carbons (Fsp3) is 1.00. The van der Waals surface area contributed by atoms with Crippen molar-refractivity contribution in [1.82, 2.24) is 0 Å². The molecule has 0 N–H and O–H groups in total. The van der Waals surface area contributed by atoms with Gasteiger partial charge in [0.1, 0.15) is 0 Å². The van der Waals surface area contributed by atoms with Gasteiger partial charge in [-0.3, -0.25) is 0 Å². The summed E-state index contributed by atoms with van der Waals surface area (Å²) in [5.74, 6) is 1.03. The molecule has 3 fully saturated rings. The standard InChI is InChI=1S/C6H9Cl/c7-6-2-1-5(3-6)4-6/h5H,1-4H2. The van der Waals surface area contributed by atoms with Crippen molar-refractivity contribution in [3.63, 3.8) is 0 Å². The predicted octanol–water partition coefficient (Wildman–Crippen LogP) is 2.17. The molecule has 3 rings (SSSR count). The molecule has 0 spiro atoms. The third-order valence-electron chi connectivity index (χ3n) is 2.31. The molecule has 0 amide bonds. The van der Waals surface area contributed by atoms with Crippen LogP contribution in [0.3, 0.4) is 0 Å². The summed E-state index contributed by atoms with van der Waals surface area (Å²) in [7, 11) is 0. The second kappa shape index (κ2) is 0.997. The number of hydrogen-bond donors (Lipinski definition) is 0. The molecule has 3 aliphatic carbocycles. The van der Waals surface area contributed by atoms with Gasteiger partial charge < -0.3 is 0 Å². The fourth-order valence-electron chi connectivity index (χ4n) is 1.85. The molecule has 3 saturated carbocycles. The Bertz CT molecular complexity index is 86.8. The van der Waals surface area contributed by atoms with Crippen molar-refractivity contribution in [1.29, 1.82) is 0 Å². The lowest BCUT2D eigenvalue weighted by atomic mass is 9.84. The highest BCUT2D eigenvalue weighted by molar-refractivity contribution is 6.24. The van der Waals surface area contributed by atoms with Gasteiger partial charge in [0.2, 0.25) is 0 Å². The first-order valence-corrected chi connectivity index (χ1v) is 3.35. The summed E-state index contributed by atoms with van der Waals surface area (Å²) in [5, 5.41) is 0. The molecular formula is C6H9Cl. The number of alkyl halides is 1. The Hall–Kier alpha value is 0.290. The Morgan fingerprint density at radius 1 is 1.43 bits per heavy atom. The summed E-state index contributed by atoms with van der Waals surface area (Å²) in [5.41, 5.74) is 0. The van der Waals surface area contributed by atoms with Crippen LogP contribution in [0.15, 0.2) is 0 Å². The average Bonchev–Trinajstić information content (AvgIpc) is 1.88. The molecule has 0 aromatic rings. The molecule has 0 aromatic carbocycles. The minimum absolute atomic E-state index is 0.310. The Morgan fingerprint density at radius 2 is 2.14 bits per heavy atom. The Kier molecular flexibility index (Phi) is 0.597. The average molecular weight is 117 g/mol. The molecular weight excluding hydrogens is 108 g/mol. The maximum Gasteiger partial charge on any atom is 0.0452 e. The topological polar surface area (TPSA) is 0 Å². The highest BCUT2D eigenvalue weighted by Gasteiger charge is 2.48. The zero-order valence-electron chi connectivity index (χ0n) is 4.28. The van der Waals surface area contributed by atoms with Crippen molar-refractivity contribution in [2.24, 2.45) is 5.92 Å². The van der Waals surface area contributed by atoms with Gasteiger partial charge in [0.05, 0.1) is 0 Å². The van der Waals surface area contributed by atoms with E-state index in [2.05, 4.69) is 0 Å². The monoisotopic (exact) mass is 116 g/mol. The van der Waals surface area contributed by atoms with E-state index in [-0.39, 0.29) is 0 Å². The van der Waals surface area contributed by atoms with Crippen molar-refractivity contribution in [2.75, 3.05) is 0 Å². The number of fused-ring (bicyclic) bond motifs is 1. The molecule has 40 valence electrons. The van der Waals surface area contributed by atoms with Crippen LogP contribution >= 0.6 is 11.6 Å². The van der Waals surface area contributed by atoms with Crippen LogP contribution in [0.25, 0.3) is 0 Å². The van der Waals surface area contributed by atoms with Gasteiger partial charge in [0.25, 0.3) is 0 Å². The van der Waals surface area contributed by atoms with Crippen LogP contribution in [0, 0.1) is 5.92 Å². The van der Waals surface area contributed by atoms with Crippen LogP contribution in [0.4, 0.5) is 0 Å². The van der Waals surface area contributed by atoms with E-state index in [0.717, 1.165) is 5.92 Å². The minimum Gasteiger partial charge on any atom is -0.119 e. The first-order valence-electron chi connectivity index (χ1n) is 2.97. The van der Waals surface area contributed by atoms with Gasteiger partial charge in [-0.05, 0) is 31.6 Å². The molecule has 0 heterocycles. The molecule has 0 saturated heterocycles. The van der Waals surface area contributed by atoms with Crippen LogP contribution in [-0.4, -0.2) is 4.87 Å². The maximum absolute atomic E-state index is 6.03. The summed E-state index contributed by atoms with van der Waals surface area (Å²) in [6.07, 6.45) is 5.33. The van der Waals surface area contributed by atoms with Gasteiger partial charge in [-0.25, -0.2) is 0 Å². The summed E-state index contributed by atoms with van der Waals surface area (Å²) in [4.78, 5) is 0.310. The maximum atomic E-state index is 6.03. The molecule has 0 nitrogen and oxygen atoms in total. The summed E-state index contributed by atoms with van der Waals surface area (Å²) < 4.78 is 0. The van der Waals surface area contributed by atoms with Crippen molar-refractivity contribution in [2.45, 2.75) is 30.6 Å². The SMILES string of the molecule is ClC12CCC(C1)C2. The molecule has 0 aromatic heterocycles. The molecule has 3 aliphatic rings. The van der Waals surface area contributed by atoms with E-state index < -0.39 is 0 Å². The van der Waals surface area contributed by atoms with Crippen LogP contribution in [-0.2, 0) is 0 Å². The molecule has 0 aliphatic heterocycles. The first-order chi connectivity index (χ1) is 3.29. The second-order valence-electron chi connectivity index (χ2n) is 2.96. The van der Waals surface area contributed by atoms with E-state index in [4.69, 9.17) is 11.6 Å². The lowest BCUT2D eigenvalue weighted by Gasteiger charge is -2.31. The second-order valence-corrected chi connectivity index (χ2v) is 3.77. The van der Waals surface area contributed by atoms with E-state index in [1.54, 1.807) is 0 Å². The molecule has 7 heavy (non-hydrogen) atoms. The highest BCUT2D eigenvalue weighted by Crippen LogP contribution is 2.55. The van der Waals surface area contributed by atoms with Gasteiger partial charge >= 0.3 is 0 Å². The molecule has 1 heteroatoms. The van der Waals surface area contributed by atoms with Crippen molar-refractivity contribution < 1.29 is 0 Å². The molecule has 0 radical (unpaired) electrons. The smallest absolute Gasteiger partial charge is 0.0452 e. The Balaban J connectivity index is 2.20. The summed E-state index contributed by atoms with van der Waals surface area (Å²) >= 11 is 6.03. The zero-order chi connectivity index (χ0) is 4.91. The largest absolute Gasteiger partial charge is 0.119 e. The fourth-order valence-corrected chi connectivity index (χ4v) is 2.39. The zero-order valence-corrected chi connectivity index (χ0v) is 5.04. The normalized spacial score (nSPS) is 57.0. The van der Waals surface area contributed by atoms with Crippen LogP contribution in [0.5, 0.6) is 0 Å². The van der Waals surface area contributed by atoms with Gasteiger partial charge in [0.15, 0.2) is 0 Å². The number of rotatable bonds is 0. The van der Waals surface area contributed by atoms with Crippen LogP contribution < -0.4 is 0 Å². The van der Waals surface area contributed by atoms with Gasteiger partial charge in [-0.15, -0.1) is 11.6 Å². The molecule has 2 bridgehead atoms. The van der Waals surface area contributed by atoms with Crippen molar-refractivity contribution in [3.8, 4) is 0 Å². The third kappa shape index (κ3) is 0.436. The molecule has 0 atom stereocenters. The summed E-state index contributed by atoms with van der Waals surface area (Å²) in [6, 6.07) is 0. The molecule has 0 unspecified atom stereocenters. The minimum atomic E-state index is 0.310. The van der Waals surface area contributed by atoms with E-state index >= 15 is 0 Å². The van der Waals surface area contributed by atoms with Crippen molar-refractivity contribution >= 4 is 11.6 Å². The first kappa shape index (κ1) is 4.20. The highest BCUT2D eigenvalue weighted by atomic mass is 35.5. The van der Waals surface area contributed by atoms with E-state index in [0.29, 0.717) is 4.87 Å². The van der Waals surface area contributed by atoms with Gasteiger partial charge in [-0.1, -0.05) is 0 Å². The Morgan fingerprint density at radius 3 is 2.29 bits per heavy atom. The quantitative estimate of drug-likeness (QED) is 0.426. The third-order valence-corrected chi connectivity index (χ3v) is 2.81. The predicted molar refractivity (Wildman–Crippen MR) is 30.5 cm³/mol.